The van der Waals surface area contributed by atoms with Gasteiger partial charge in [-0.3, -0.25) is 14.4 Å². The van der Waals surface area contributed by atoms with Crippen molar-refractivity contribution >= 4 is 32.7 Å². The monoisotopic (exact) mass is 551 g/mol. The summed E-state index contributed by atoms with van der Waals surface area (Å²) in [6, 6.07) is -0.391. The van der Waals surface area contributed by atoms with Crippen LogP contribution in [0.15, 0.2) is 36.6 Å². The lowest BCUT2D eigenvalue weighted by Gasteiger charge is -2.48. The number of carbonyl (C=O) groups excluding carboxylic acids is 3. The number of carboxylic acid groups (broad SMARTS) is 1. The Labute approximate surface area is 225 Å². The van der Waals surface area contributed by atoms with E-state index in [1.54, 1.807) is 0 Å². The second kappa shape index (κ2) is 12.7. The van der Waals surface area contributed by atoms with Crippen LogP contribution in [0.1, 0.15) is 34.1 Å². The first-order valence-electron chi connectivity index (χ1n) is 12.6. The molecule has 12 heteroatoms. The quantitative estimate of drug-likeness (QED) is 0.104. The highest BCUT2D eigenvalue weighted by Crippen LogP contribution is 2.48. The van der Waals surface area contributed by atoms with Crippen molar-refractivity contribution in [1.82, 2.24) is 15.3 Å². The number of ether oxygens (including phenoxy) is 1. The van der Waals surface area contributed by atoms with Gasteiger partial charge < -0.3 is 24.5 Å². The summed E-state index contributed by atoms with van der Waals surface area (Å²) in [7, 11) is -2.18. The maximum absolute atomic E-state index is 13.3. The van der Waals surface area contributed by atoms with Crippen LogP contribution < -0.4 is 5.32 Å². The van der Waals surface area contributed by atoms with E-state index in [-0.39, 0.29) is 49.4 Å². The number of hydrogen-bond acceptors (Lipinski definition) is 7. The van der Waals surface area contributed by atoms with Crippen molar-refractivity contribution in [2.75, 3.05) is 26.3 Å². The van der Waals surface area contributed by atoms with Crippen LogP contribution in [0, 0.1) is 11.8 Å². The summed E-state index contributed by atoms with van der Waals surface area (Å²) in [5, 5.41) is 13.7. The molecule has 38 heavy (non-hydrogen) atoms. The van der Waals surface area contributed by atoms with Crippen LogP contribution >= 0.6 is 0 Å². The number of hydroxylamine groups is 2. The number of carboxylic acids is 1. The SMILES string of the molecule is C=CCOC(=O)NCC(CN(C=O)OCC=C)C1=C(C(=O)O)N2C(=O)[C@H]([C@@H](C)O[Si](C)(C)C(C)(C)C)[C@H]2C1. The number of aliphatic carboxylic acids is 1. The molecular formula is C26H41N3O8Si. The fourth-order valence-electron chi connectivity index (χ4n) is 4.55. The van der Waals surface area contributed by atoms with Crippen molar-refractivity contribution in [3.05, 3.63) is 36.6 Å². The maximum Gasteiger partial charge on any atom is 0.407 e. The molecule has 0 radical (unpaired) electrons. The van der Waals surface area contributed by atoms with Crippen LogP contribution in [0.4, 0.5) is 4.79 Å². The summed E-state index contributed by atoms with van der Waals surface area (Å²) in [6.07, 6.45) is 2.51. The molecule has 2 rings (SSSR count). The lowest BCUT2D eigenvalue weighted by atomic mass is 9.82. The van der Waals surface area contributed by atoms with E-state index in [0.717, 1.165) is 5.06 Å². The van der Waals surface area contributed by atoms with Gasteiger partial charge in [-0.15, -0.1) is 6.58 Å². The largest absolute Gasteiger partial charge is 0.477 e. The topological polar surface area (TPSA) is 135 Å². The van der Waals surface area contributed by atoms with Crippen molar-refractivity contribution < 1.29 is 38.3 Å². The number of nitrogens with zero attached hydrogens (tertiary/aromatic N) is 2. The summed E-state index contributed by atoms with van der Waals surface area (Å²) >= 11 is 0. The normalized spacial score (nSPS) is 20.7. The van der Waals surface area contributed by atoms with Crippen LogP contribution in [0.3, 0.4) is 0 Å². The lowest BCUT2D eigenvalue weighted by Crippen LogP contribution is -2.63. The Morgan fingerprint density at radius 3 is 2.42 bits per heavy atom. The molecule has 212 valence electrons. The predicted octanol–water partition coefficient (Wildman–Crippen LogP) is 3.07. The Bertz CT molecular complexity index is 974. The average Bonchev–Trinajstić information content (AvgIpc) is 3.16. The van der Waals surface area contributed by atoms with E-state index < -0.39 is 44.4 Å². The molecule has 0 aliphatic carbocycles. The van der Waals surface area contributed by atoms with Gasteiger partial charge in [0, 0.05) is 12.5 Å². The van der Waals surface area contributed by atoms with Gasteiger partial charge in [-0.05, 0) is 37.0 Å². The third-order valence-corrected chi connectivity index (χ3v) is 12.0. The van der Waals surface area contributed by atoms with E-state index >= 15 is 0 Å². The maximum atomic E-state index is 13.3. The second-order valence-electron chi connectivity index (χ2n) is 11.0. The molecule has 1 saturated heterocycles. The number of β-lactam (4-membered cyclic amide) rings is 1. The van der Waals surface area contributed by atoms with Gasteiger partial charge in [0.2, 0.25) is 12.3 Å². The standard InChI is InChI=1S/C26H41N3O8Si/c1-9-11-35-25(34)27-14-18(15-28(16-30)36-12-10-2)19-13-20-21(23(31)29(20)22(19)24(32)33)17(3)37-38(7,8)26(4,5)6/h9-10,16-18,20-21H,1-2,11-15H2,3-8H3,(H,27,34)(H,32,33)/t17-,18?,20-,21-/m1/s1. The van der Waals surface area contributed by atoms with Crippen LogP contribution in [0.2, 0.25) is 18.1 Å². The van der Waals surface area contributed by atoms with Gasteiger partial charge in [0.15, 0.2) is 8.32 Å². The summed E-state index contributed by atoms with van der Waals surface area (Å²) < 4.78 is 11.4. The number of rotatable bonds is 15. The van der Waals surface area contributed by atoms with Gasteiger partial charge in [-0.2, -0.15) is 0 Å². The Kier molecular flexibility index (Phi) is 10.5. The van der Waals surface area contributed by atoms with Crippen molar-refractivity contribution in [2.45, 2.75) is 64.4 Å². The molecule has 0 aromatic rings. The first-order chi connectivity index (χ1) is 17.7. The first-order valence-corrected chi connectivity index (χ1v) is 15.5. The summed E-state index contributed by atoms with van der Waals surface area (Å²) in [5.74, 6) is -2.72. The molecule has 0 aromatic carbocycles. The van der Waals surface area contributed by atoms with Gasteiger partial charge in [-0.25, -0.2) is 14.7 Å². The van der Waals surface area contributed by atoms with Crippen LogP contribution in [0.5, 0.6) is 0 Å². The summed E-state index contributed by atoms with van der Waals surface area (Å²) in [6.45, 7) is 19.4. The van der Waals surface area contributed by atoms with Gasteiger partial charge in [0.05, 0.1) is 31.2 Å². The second-order valence-corrected chi connectivity index (χ2v) is 15.8. The molecule has 11 nitrogen and oxygen atoms in total. The number of amides is 3. The molecule has 0 saturated carbocycles. The zero-order chi connectivity index (χ0) is 28.8. The summed E-state index contributed by atoms with van der Waals surface area (Å²) in [4.78, 5) is 56.0. The molecule has 2 aliphatic rings. The molecule has 0 spiro atoms. The molecule has 4 atom stereocenters. The minimum Gasteiger partial charge on any atom is -0.477 e. The van der Waals surface area contributed by atoms with Crippen LogP contribution in [-0.4, -0.2) is 86.2 Å². The van der Waals surface area contributed by atoms with Crippen LogP contribution in [0.25, 0.3) is 0 Å². The molecule has 1 unspecified atom stereocenters. The molecule has 0 aromatic heterocycles. The molecule has 0 bridgehead atoms. The fourth-order valence-corrected chi connectivity index (χ4v) is 5.98. The van der Waals surface area contributed by atoms with E-state index in [2.05, 4.69) is 52.3 Å². The fraction of sp³-hybridized carbons (Fsp3) is 0.615. The van der Waals surface area contributed by atoms with Gasteiger partial charge in [-0.1, -0.05) is 39.5 Å². The molecule has 1 fully saturated rings. The van der Waals surface area contributed by atoms with E-state index in [1.807, 2.05) is 6.92 Å². The highest BCUT2D eigenvalue weighted by molar-refractivity contribution is 6.74. The Morgan fingerprint density at radius 2 is 1.89 bits per heavy atom. The highest BCUT2D eigenvalue weighted by atomic mass is 28.4. The minimum atomic E-state index is -2.18. The van der Waals surface area contributed by atoms with Crippen molar-refractivity contribution in [1.29, 1.82) is 0 Å². The van der Waals surface area contributed by atoms with Crippen molar-refractivity contribution in [3.8, 4) is 0 Å². The molecule has 2 heterocycles. The Balaban J connectivity index is 2.33. The number of nitrogens with one attached hydrogen (secondary N) is 1. The van der Waals surface area contributed by atoms with Gasteiger partial charge in [0.25, 0.3) is 0 Å². The molecule has 2 aliphatic heterocycles. The van der Waals surface area contributed by atoms with Crippen LogP contribution in [-0.2, 0) is 28.4 Å². The zero-order valence-electron chi connectivity index (χ0n) is 23.2. The van der Waals surface area contributed by atoms with E-state index in [9.17, 15) is 24.3 Å². The highest BCUT2D eigenvalue weighted by Gasteiger charge is 2.58. The average molecular weight is 552 g/mol. The first kappa shape index (κ1) is 31.3. The van der Waals surface area contributed by atoms with Gasteiger partial charge >= 0.3 is 12.1 Å². The van der Waals surface area contributed by atoms with E-state index in [4.69, 9.17) is 14.0 Å². The third-order valence-electron chi connectivity index (χ3n) is 7.43. The smallest absolute Gasteiger partial charge is 0.407 e. The number of carbonyl (C=O) groups is 4. The van der Waals surface area contributed by atoms with Crippen molar-refractivity contribution in [3.63, 3.8) is 0 Å². The number of fused-ring (bicyclic) bond motifs is 1. The lowest BCUT2D eigenvalue weighted by molar-refractivity contribution is -0.169. The molecular weight excluding hydrogens is 510 g/mol. The summed E-state index contributed by atoms with van der Waals surface area (Å²) in [5.41, 5.74) is 0.313. The van der Waals surface area contributed by atoms with E-state index in [1.165, 1.54) is 17.1 Å². The minimum absolute atomic E-state index is 0.000626. The van der Waals surface area contributed by atoms with Gasteiger partial charge in [0.1, 0.15) is 12.3 Å². The predicted molar refractivity (Wildman–Crippen MR) is 143 cm³/mol. The zero-order valence-corrected chi connectivity index (χ0v) is 24.2. The Hall–Kier alpha value is -2.96. The third kappa shape index (κ3) is 6.91. The number of hydrogen-bond donors (Lipinski definition) is 2. The Morgan fingerprint density at radius 1 is 1.26 bits per heavy atom. The number of alkyl carbamates (subject to hydrolysis) is 1. The van der Waals surface area contributed by atoms with E-state index in [0.29, 0.717) is 12.0 Å². The molecule has 3 amide bonds. The molecule has 2 N–H and O–H groups in total. The van der Waals surface area contributed by atoms with Crippen molar-refractivity contribution in [2.24, 2.45) is 11.8 Å².